The van der Waals surface area contributed by atoms with E-state index in [9.17, 15) is 19.2 Å². The quantitative estimate of drug-likeness (QED) is 0.861. The highest BCUT2D eigenvalue weighted by molar-refractivity contribution is 5.90. The van der Waals surface area contributed by atoms with Gasteiger partial charge >= 0.3 is 12.1 Å². The van der Waals surface area contributed by atoms with Crippen LogP contribution in [0.5, 0.6) is 0 Å². The number of rotatable bonds is 4. The Morgan fingerprint density at radius 3 is 2.48 bits per heavy atom. The van der Waals surface area contributed by atoms with E-state index in [0.717, 1.165) is 12.1 Å². The lowest BCUT2D eigenvalue weighted by molar-refractivity contribution is -0.149. The molecule has 23 heavy (non-hydrogen) atoms. The Morgan fingerprint density at radius 1 is 1.35 bits per heavy atom. The zero-order chi connectivity index (χ0) is 17.7. The summed E-state index contributed by atoms with van der Waals surface area (Å²) in [6.45, 7) is 6.44. The standard InChI is InChI=1S/C16H19FN2O4/c1-5-22-13(20)16(10-18,11-7-6-8-12(17)9-11)19-14(21)23-15(2,3)4/h6-9H,5H2,1-4H3,(H,19,21). The molecule has 0 bridgehead atoms. The van der Waals surface area contributed by atoms with Crippen molar-refractivity contribution in [2.75, 3.05) is 6.61 Å². The van der Waals surface area contributed by atoms with Crippen molar-refractivity contribution in [1.29, 1.82) is 5.26 Å². The lowest BCUT2D eigenvalue weighted by Gasteiger charge is -2.28. The second-order valence-corrected chi connectivity index (χ2v) is 5.72. The van der Waals surface area contributed by atoms with Gasteiger partial charge in [0, 0.05) is 5.56 Å². The molecule has 0 spiro atoms. The highest BCUT2D eigenvalue weighted by Crippen LogP contribution is 2.24. The molecule has 1 atom stereocenters. The second-order valence-electron chi connectivity index (χ2n) is 5.72. The fraction of sp³-hybridized carbons (Fsp3) is 0.438. The lowest BCUT2D eigenvalue weighted by Crippen LogP contribution is -2.53. The maximum atomic E-state index is 13.5. The molecule has 1 aromatic carbocycles. The Labute approximate surface area is 134 Å². The van der Waals surface area contributed by atoms with Gasteiger partial charge in [0.05, 0.1) is 6.61 Å². The van der Waals surface area contributed by atoms with Gasteiger partial charge < -0.3 is 9.47 Å². The molecule has 1 N–H and O–H groups in total. The van der Waals surface area contributed by atoms with Gasteiger partial charge in [0.1, 0.15) is 17.5 Å². The molecule has 0 radical (unpaired) electrons. The number of carbonyl (C=O) groups is 2. The monoisotopic (exact) mass is 322 g/mol. The highest BCUT2D eigenvalue weighted by Gasteiger charge is 2.45. The molecule has 1 amide bonds. The van der Waals surface area contributed by atoms with Crippen LogP contribution in [-0.2, 0) is 19.8 Å². The number of nitrogens with zero attached hydrogens (tertiary/aromatic N) is 1. The first kappa shape index (κ1) is 18.4. The van der Waals surface area contributed by atoms with Crippen LogP contribution >= 0.6 is 0 Å². The van der Waals surface area contributed by atoms with Crippen molar-refractivity contribution in [2.45, 2.75) is 38.8 Å². The van der Waals surface area contributed by atoms with Crippen molar-refractivity contribution < 1.29 is 23.5 Å². The minimum absolute atomic E-state index is 0.00637. The molecule has 0 aliphatic carbocycles. The first-order chi connectivity index (χ1) is 10.6. The molecule has 1 unspecified atom stereocenters. The lowest BCUT2D eigenvalue weighted by atomic mass is 9.91. The van der Waals surface area contributed by atoms with Gasteiger partial charge in [0.25, 0.3) is 5.54 Å². The number of halogens is 1. The number of hydrogen-bond donors (Lipinski definition) is 1. The molecule has 0 saturated heterocycles. The minimum Gasteiger partial charge on any atom is -0.463 e. The van der Waals surface area contributed by atoms with E-state index in [1.54, 1.807) is 33.8 Å². The van der Waals surface area contributed by atoms with E-state index in [2.05, 4.69) is 5.32 Å². The Hall–Kier alpha value is -2.62. The summed E-state index contributed by atoms with van der Waals surface area (Å²) in [7, 11) is 0. The van der Waals surface area contributed by atoms with E-state index in [-0.39, 0.29) is 12.2 Å². The van der Waals surface area contributed by atoms with E-state index in [4.69, 9.17) is 9.47 Å². The van der Waals surface area contributed by atoms with Crippen LogP contribution in [0.25, 0.3) is 0 Å². The van der Waals surface area contributed by atoms with Crippen LogP contribution in [0, 0.1) is 17.1 Å². The SMILES string of the molecule is CCOC(=O)C(C#N)(NC(=O)OC(C)(C)C)c1cccc(F)c1. The number of amides is 1. The molecule has 0 aromatic heterocycles. The smallest absolute Gasteiger partial charge is 0.409 e. The zero-order valence-electron chi connectivity index (χ0n) is 13.5. The molecule has 0 saturated carbocycles. The number of ether oxygens (including phenoxy) is 2. The van der Waals surface area contributed by atoms with Crippen molar-refractivity contribution >= 4 is 12.1 Å². The predicted molar refractivity (Wildman–Crippen MR) is 79.7 cm³/mol. The van der Waals surface area contributed by atoms with Crippen molar-refractivity contribution in [3.63, 3.8) is 0 Å². The van der Waals surface area contributed by atoms with Crippen LogP contribution in [0.3, 0.4) is 0 Å². The van der Waals surface area contributed by atoms with Crippen LogP contribution in [0.2, 0.25) is 0 Å². The average molecular weight is 322 g/mol. The Balaban J connectivity index is 3.28. The summed E-state index contributed by atoms with van der Waals surface area (Å²) in [5, 5.41) is 11.7. The fourth-order valence-electron chi connectivity index (χ4n) is 1.80. The number of carbonyl (C=O) groups excluding carboxylic acids is 2. The molecule has 0 aliphatic heterocycles. The fourth-order valence-corrected chi connectivity index (χ4v) is 1.80. The first-order valence-corrected chi connectivity index (χ1v) is 7.00. The Morgan fingerprint density at radius 2 is 2.00 bits per heavy atom. The van der Waals surface area contributed by atoms with Crippen LogP contribution in [0.15, 0.2) is 24.3 Å². The summed E-state index contributed by atoms with van der Waals surface area (Å²) in [5.74, 6) is -1.67. The summed E-state index contributed by atoms with van der Waals surface area (Å²) in [6, 6.07) is 6.52. The first-order valence-electron chi connectivity index (χ1n) is 7.00. The van der Waals surface area contributed by atoms with Gasteiger partial charge in [-0.1, -0.05) is 12.1 Å². The number of nitriles is 1. The highest BCUT2D eigenvalue weighted by atomic mass is 19.1. The molecule has 0 fully saturated rings. The topological polar surface area (TPSA) is 88.4 Å². The van der Waals surface area contributed by atoms with Crippen LogP contribution < -0.4 is 5.32 Å². The number of esters is 1. The normalized spacial score (nSPS) is 13.4. The van der Waals surface area contributed by atoms with Crippen molar-refractivity contribution in [2.24, 2.45) is 0 Å². The van der Waals surface area contributed by atoms with Crippen molar-refractivity contribution in [3.8, 4) is 6.07 Å². The summed E-state index contributed by atoms with van der Waals surface area (Å²) in [4.78, 5) is 24.3. The largest absolute Gasteiger partial charge is 0.463 e. The van der Waals surface area contributed by atoms with Gasteiger partial charge in [-0.15, -0.1) is 0 Å². The van der Waals surface area contributed by atoms with E-state index in [1.165, 1.54) is 12.1 Å². The van der Waals surface area contributed by atoms with E-state index in [0.29, 0.717) is 0 Å². The third-order valence-corrected chi connectivity index (χ3v) is 2.70. The van der Waals surface area contributed by atoms with E-state index >= 15 is 0 Å². The molecule has 1 aromatic rings. The van der Waals surface area contributed by atoms with E-state index < -0.39 is 29.0 Å². The molecule has 1 rings (SSSR count). The molecule has 7 heteroatoms. The second kappa shape index (κ2) is 7.09. The van der Waals surface area contributed by atoms with Gasteiger partial charge in [0.2, 0.25) is 0 Å². The van der Waals surface area contributed by atoms with Gasteiger partial charge in [-0.2, -0.15) is 5.26 Å². The Bertz CT molecular complexity index is 634. The van der Waals surface area contributed by atoms with E-state index in [1.807, 2.05) is 0 Å². The van der Waals surface area contributed by atoms with Crippen LogP contribution in [0.4, 0.5) is 9.18 Å². The molecule has 0 heterocycles. The molecular weight excluding hydrogens is 303 g/mol. The van der Waals surface area contributed by atoms with Gasteiger partial charge in [-0.25, -0.2) is 14.0 Å². The van der Waals surface area contributed by atoms with Gasteiger partial charge in [0.15, 0.2) is 0 Å². The molecule has 6 nitrogen and oxygen atoms in total. The summed E-state index contributed by atoms with van der Waals surface area (Å²) in [6.07, 6.45) is -0.989. The molecule has 124 valence electrons. The average Bonchev–Trinajstić information content (AvgIpc) is 2.43. The Kier molecular flexibility index (Phi) is 5.68. The minimum atomic E-state index is -2.19. The third-order valence-electron chi connectivity index (χ3n) is 2.70. The maximum absolute atomic E-state index is 13.5. The van der Waals surface area contributed by atoms with Gasteiger partial charge in [-0.05, 0) is 39.8 Å². The third kappa shape index (κ3) is 4.68. The number of nitrogens with one attached hydrogen (secondary N) is 1. The van der Waals surface area contributed by atoms with Crippen LogP contribution in [0.1, 0.15) is 33.3 Å². The summed E-state index contributed by atoms with van der Waals surface area (Å²) < 4.78 is 23.4. The molecular formula is C16H19FN2O4. The number of alkyl carbamates (subject to hydrolysis) is 1. The number of benzene rings is 1. The van der Waals surface area contributed by atoms with Crippen molar-refractivity contribution in [1.82, 2.24) is 5.32 Å². The van der Waals surface area contributed by atoms with Crippen molar-refractivity contribution in [3.05, 3.63) is 35.6 Å². The number of hydrogen-bond acceptors (Lipinski definition) is 5. The van der Waals surface area contributed by atoms with Gasteiger partial charge in [-0.3, -0.25) is 5.32 Å². The maximum Gasteiger partial charge on any atom is 0.409 e. The summed E-state index contributed by atoms with van der Waals surface area (Å²) in [5.41, 5.74) is -3.08. The predicted octanol–water partition coefficient (Wildman–Crippen LogP) is 2.63. The molecule has 0 aliphatic rings. The summed E-state index contributed by atoms with van der Waals surface area (Å²) >= 11 is 0. The van der Waals surface area contributed by atoms with Crippen LogP contribution in [-0.4, -0.2) is 24.3 Å². The zero-order valence-corrected chi connectivity index (χ0v) is 13.5.